The summed E-state index contributed by atoms with van der Waals surface area (Å²) in [5, 5.41) is 0. The fourth-order valence-corrected chi connectivity index (χ4v) is 1.75. The number of hydrogen-bond donors (Lipinski definition) is 0. The Balaban J connectivity index is 3.37. The summed E-state index contributed by atoms with van der Waals surface area (Å²) in [6.45, 7) is 7.87. The molecule has 0 fully saturated rings. The predicted octanol–water partition coefficient (Wildman–Crippen LogP) is 0.938. The molecule has 3 nitrogen and oxygen atoms in total. The summed E-state index contributed by atoms with van der Waals surface area (Å²) in [6.07, 6.45) is 0.0468. The molecular weight excluding hydrogens is 160 g/mol. The molecule has 0 heterocycles. The summed E-state index contributed by atoms with van der Waals surface area (Å²) >= 11 is 0. The Bertz CT molecular complexity index is 125. The van der Waals surface area contributed by atoms with Crippen molar-refractivity contribution < 1.29 is 14.0 Å². The van der Waals surface area contributed by atoms with Crippen LogP contribution < -0.4 is 0 Å². The Kier molecular flexibility index (Phi) is 5.15. The van der Waals surface area contributed by atoms with Gasteiger partial charge in [0, 0.05) is 6.92 Å². The largest absolute Gasteiger partial charge is 0.463 e. The van der Waals surface area contributed by atoms with Gasteiger partial charge in [-0.15, -0.1) is 0 Å². The third kappa shape index (κ3) is 7.54. The van der Waals surface area contributed by atoms with Crippen molar-refractivity contribution in [2.24, 2.45) is 0 Å². The van der Waals surface area contributed by atoms with Gasteiger partial charge in [0.2, 0.25) is 0 Å². The van der Waals surface area contributed by atoms with E-state index in [2.05, 4.69) is 13.1 Å². The van der Waals surface area contributed by atoms with Crippen molar-refractivity contribution in [1.29, 1.82) is 0 Å². The first-order valence-electron chi connectivity index (χ1n) is 3.81. The quantitative estimate of drug-likeness (QED) is 0.472. The average Bonchev–Trinajstić information content (AvgIpc) is 1.82. The van der Waals surface area contributed by atoms with Crippen LogP contribution in [0.15, 0.2) is 0 Å². The first-order chi connectivity index (χ1) is 5.02. The second-order valence-electron chi connectivity index (χ2n) is 2.80. The Morgan fingerprint density at radius 1 is 1.55 bits per heavy atom. The number of hydrogen-bond acceptors (Lipinski definition) is 3. The molecule has 0 spiro atoms. The first-order valence-corrected chi connectivity index (χ1v) is 6.59. The van der Waals surface area contributed by atoms with Crippen LogP contribution in [-0.2, 0) is 14.0 Å². The van der Waals surface area contributed by atoms with Crippen LogP contribution in [-0.4, -0.2) is 27.7 Å². The molecule has 0 aliphatic carbocycles. The molecule has 0 bridgehead atoms. The van der Waals surface area contributed by atoms with Crippen molar-refractivity contribution in [2.75, 3.05) is 6.61 Å². The lowest BCUT2D eigenvalue weighted by Gasteiger charge is -2.14. The second-order valence-corrected chi connectivity index (χ2v) is 5.17. The van der Waals surface area contributed by atoms with E-state index in [1.54, 1.807) is 0 Å². The van der Waals surface area contributed by atoms with Gasteiger partial charge < -0.3 is 9.16 Å². The van der Waals surface area contributed by atoms with Gasteiger partial charge in [-0.1, -0.05) is 0 Å². The summed E-state index contributed by atoms with van der Waals surface area (Å²) in [5.41, 5.74) is 0. The van der Waals surface area contributed by atoms with Crippen LogP contribution in [0.3, 0.4) is 0 Å². The van der Waals surface area contributed by atoms with Gasteiger partial charge in [-0.05, 0) is 20.0 Å². The lowest BCUT2D eigenvalue weighted by atomic mass is 10.4. The molecule has 0 radical (unpaired) electrons. The number of esters is 1. The van der Waals surface area contributed by atoms with Crippen molar-refractivity contribution >= 4 is 15.0 Å². The number of ether oxygens (including phenoxy) is 1. The Morgan fingerprint density at radius 3 is 2.45 bits per heavy atom. The van der Waals surface area contributed by atoms with Gasteiger partial charge in [-0.3, -0.25) is 4.79 Å². The molecule has 66 valence electrons. The van der Waals surface area contributed by atoms with Crippen molar-refractivity contribution in [2.45, 2.75) is 33.0 Å². The van der Waals surface area contributed by atoms with E-state index in [9.17, 15) is 4.79 Å². The summed E-state index contributed by atoms with van der Waals surface area (Å²) in [5.74, 6) is -0.245. The zero-order valence-corrected chi connectivity index (χ0v) is 8.74. The average molecular weight is 176 g/mol. The zero-order chi connectivity index (χ0) is 8.85. The molecule has 0 aromatic rings. The fourth-order valence-electron chi connectivity index (χ4n) is 0.739. The van der Waals surface area contributed by atoms with E-state index in [0.717, 1.165) is 0 Å². The molecule has 0 rings (SSSR count). The molecule has 0 aliphatic heterocycles. The molecular formula is C7H16O3Si. The van der Waals surface area contributed by atoms with Crippen molar-refractivity contribution in [3.05, 3.63) is 0 Å². The van der Waals surface area contributed by atoms with Gasteiger partial charge in [0.05, 0.1) is 6.10 Å². The zero-order valence-electron chi connectivity index (χ0n) is 7.59. The molecule has 0 aromatic heterocycles. The maximum atomic E-state index is 10.4. The third-order valence-electron chi connectivity index (χ3n) is 1.03. The standard InChI is InChI=1S/C7H16O3Si/c1-6(10-11(3)4)5-9-7(2)8/h6,11H,5H2,1-4H3. The van der Waals surface area contributed by atoms with Crippen LogP contribution >= 0.6 is 0 Å². The van der Waals surface area contributed by atoms with Crippen molar-refractivity contribution in [3.8, 4) is 0 Å². The molecule has 0 aliphatic rings. The molecule has 0 amide bonds. The van der Waals surface area contributed by atoms with Crippen molar-refractivity contribution in [3.63, 3.8) is 0 Å². The molecule has 0 aromatic carbocycles. The summed E-state index contributed by atoms with van der Waals surface area (Å²) in [7, 11) is -0.983. The van der Waals surface area contributed by atoms with Crippen LogP contribution in [0.1, 0.15) is 13.8 Å². The van der Waals surface area contributed by atoms with Crippen LogP contribution in [0.25, 0.3) is 0 Å². The minimum absolute atomic E-state index is 0.0468. The second kappa shape index (κ2) is 5.32. The highest BCUT2D eigenvalue weighted by atomic mass is 28.3. The van der Waals surface area contributed by atoms with E-state index in [0.29, 0.717) is 6.61 Å². The SMILES string of the molecule is CC(=O)OCC(C)O[SiH](C)C. The van der Waals surface area contributed by atoms with Gasteiger partial charge in [0.15, 0.2) is 9.04 Å². The Labute approximate surface area is 69.4 Å². The lowest BCUT2D eigenvalue weighted by molar-refractivity contribution is -0.143. The van der Waals surface area contributed by atoms with Crippen LogP contribution in [0.5, 0.6) is 0 Å². The maximum absolute atomic E-state index is 10.4. The van der Waals surface area contributed by atoms with E-state index >= 15 is 0 Å². The fraction of sp³-hybridized carbons (Fsp3) is 0.857. The van der Waals surface area contributed by atoms with E-state index in [4.69, 9.17) is 9.16 Å². The lowest BCUT2D eigenvalue weighted by Crippen LogP contribution is -2.23. The normalized spacial score (nSPS) is 13.2. The highest BCUT2D eigenvalue weighted by Crippen LogP contribution is 1.95. The predicted molar refractivity (Wildman–Crippen MR) is 46.1 cm³/mol. The van der Waals surface area contributed by atoms with Crippen LogP contribution in [0.2, 0.25) is 13.1 Å². The minimum Gasteiger partial charge on any atom is -0.463 e. The Hall–Kier alpha value is -0.353. The highest BCUT2D eigenvalue weighted by molar-refractivity contribution is 6.48. The summed E-state index contributed by atoms with van der Waals surface area (Å²) in [4.78, 5) is 10.4. The van der Waals surface area contributed by atoms with E-state index in [-0.39, 0.29) is 12.1 Å². The molecule has 0 N–H and O–H groups in total. The monoisotopic (exact) mass is 176 g/mol. The summed E-state index contributed by atoms with van der Waals surface area (Å²) < 4.78 is 10.2. The molecule has 0 saturated heterocycles. The maximum Gasteiger partial charge on any atom is 0.302 e. The van der Waals surface area contributed by atoms with Gasteiger partial charge in [0.1, 0.15) is 6.61 Å². The molecule has 4 heteroatoms. The van der Waals surface area contributed by atoms with Crippen LogP contribution in [0.4, 0.5) is 0 Å². The number of carbonyl (C=O) groups excluding carboxylic acids is 1. The van der Waals surface area contributed by atoms with Gasteiger partial charge in [-0.2, -0.15) is 0 Å². The van der Waals surface area contributed by atoms with E-state index < -0.39 is 9.04 Å². The minimum atomic E-state index is -0.983. The molecule has 1 unspecified atom stereocenters. The topological polar surface area (TPSA) is 35.5 Å². The molecule has 1 atom stereocenters. The summed E-state index contributed by atoms with van der Waals surface area (Å²) in [6, 6.07) is 0. The Morgan fingerprint density at radius 2 is 2.09 bits per heavy atom. The van der Waals surface area contributed by atoms with Gasteiger partial charge >= 0.3 is 5.97 Å². The van der Waals surface area contributed by atoms with Crippen LogP contribution in [0, 0.1) is 0 Å². The van der Waals surface area contributed by atoms with Crippen molar-refractivity contribution in [1.82, 2.24) is 0 Å². The smallest absolute Gasteiger partial charge is 0.302 e. The molecule has 0 saturated carbocycles. The first kappa shape index (κ1) is 10.6. The molecule has 11 heavy (non-hydrogen) atoms. The van der Waals surface area contributed by atoms with Gasteiger partial charge in [-0.25, -0.2) is 0 Å². The third-order valence-corrected chi connectivity index (χ3v) is 2.03. The van der Waals surface area contributed by atoms with E-state index in [1.807, 2.05) is 6.92 Å². The number of rotatable bonds is 4. The van der Waals surface area contributed by atoms with Gasteiger partial charge in [0.25, 0.3) is 0 Å². The number of carbonyl (C=O) groups is 1. The highest BCUT2D eigenvalue weighted by Gasteiger charge is 2.06. The van der Waals surface area contributed by atoms with E-state index in [1.165, 1.54) is 6.92 Å².